The highest BCUT2D eigenvalue weighted by Crippen LogP contribution is 2.11. The summed E-state index contributed by atoms with van der Waals surface area (Å²) in [5.41, 5.74) is 0. The first-order valence-corrected chi connectivity index (χ1v) is 6.45. The minimum atomic E-state index is -1.24. The van der Waals surface area contributed by atoms with Gasteiger partial charge < -0.3 is 25.2 Å². The lowest BCUT2D eigenvalue weighted by Crippen LogP contribution is -2.54. The fourth-order valence-corrected chi connectivity index (χ4v) is 2.11. The van der Waals surface area contributed by atoms with E-state index in [0.29, 0.717) is 13.1 Å². The van der Waals surface area contributed by atoms with Crippen molar-refractivity contribution in [2.75, 3.05) is 13.1 Å². The van der Waals surface area contributed by atoms with E-state index in [-0.39, 0.29) is 25.0 Å². The Balaban J connectivity index is 2.56. The van der Waals surface area contributed by atoms with Gasteiger partial charge in [-0.1, -0.05) is 0 Å². The van der Waals surface area contributed by atoms with Crippen molar-refractivity contribution in [2.45, 2.75) is 44.9 Å². The second kappa shape index (κ2) is 7.09. The molecule has 0 aliphatic carbocycles. The number of aliphatic carboxylic acids is 2. The lowest BCUT2D eigenvalue weighted by atomic mass is 10.1. The van der Waals surface area contributed by atoms with Crippen molar-refractivity contribution in [2.24, 2.45) is 0 Å². The van der Waals surface area contributed by atoms with Crippen molar-refractivity contribution in [3.63, 3.8) is 0 Å². The largest absolute Gasteiger partial charge is 0.481 e. The van der Waals surface area contributed by atoms with Gasteiger partial charge in [-0.05, 0) is 20.3 Å². The summed E-state index contributed by atoms with van der Waals surface area (Å²) in [6.07, 6.45) is -0.697. The minimum absolute atomic E-state index is 0.119. The van der Waals surface area contributed by atoms with Gasteiger partial charge in [-0.2, -0.15) is 0 Å². The van der Waals surface area contributed by atoms with Crippen LogP contribution in [0.1, 0.15) is 26.7 Å². The van der Waals surface area contributed by atoms with E-state index < -0.39 is 24.0 Å². The molecule has 8 heteroatoms. The molecule has 1 heterocycles. The quantitative estimate of drug-likeness (QED) is 0.662. The zero-order chi connectivity index (χ0) is 15.3. The van der Waals surface area contributed by atoms with E-state index >= 15 is 0 Å². The van der Waals surface area contributed by atoms with Crippen molar-refractivity contribution >= 4 is 18.0 Å². The summed E-state index contributed by atoms with van der Waals surface area (Å²) in [6, 6.07) is -1.71. The van der Waals surface area contributed by atoms with E-state index in [1.54, 1.807) is 0 Å². The zero-order valence-electron chi connectivity index (χ0n) is 11.5. The number of nitrogens with zero attached hydrogens (tertiary/aromatic N) is 1. The van der Waals surface area contributed by atoms with E-state index in [9.17, 15) is 14.4 Å². The SMILES string of the molecule is CC1CN(C(=O)NC(CCC(=O)O)C(=O)O)CC(C)O1. The van der Waals surface area contributed by atoms with E-state index in [4.69, 9.17) is 14.9 Å². The molecule has 8 nitrogen and oxygen atoms in total. The van der Waals surface area contributed by atoms with Crippen LogP contribution in [0.5, 0.6) is 0 Å². The predicted molar refractivity (Wildman–Crippen MR) is 68.4 cm³/mol. The number of hydrogen-bond acceptors (Lipinski definition) is 4. The van der Waals surface area contributed by atoms with Gasteiger partial charge in [-0.15, -0.1) is 0 Å². The second-order valence-corrected chi connectivity index (χ2v) is 4.94. The van der Waals surface area contributed by atoms with Gasteiger partial charge in [-0.25, -0.2) is 9.59 Å². The molecule has 2 amide bonds. The molecule has 3 unspecified atom stereocenters. The third kappa shape index (κ3) is 5.04. The number of carbonyl (C=O) groups is 3. The number of amides is 2. The minimum Gasteiger partial charge on any atom is -0.481 e. The van der Waals surface area contributed by atoms with E-state index in [0.717, 1.165) is 0 Å². The Kier molecular flexibility index (Phi) is 5.75. The maximum absolute atomic E-state index is 12.0. The van der Waals surface area contributed by atoms with Crippen molar-refractivity contribution in [1.82, 2.24) is 10.2 Å². The molecular weight excluding hydrogens is 268 g/mol. The maximum Gasteiger partial charge on any atom is 0.326 e. The van der Waals surface area contributed by atoms with E-state index in [2.05, 4.69) is 5.32 Å². The molecule has 1 aliphatic heterocycles. The summed E-state index contributed by atoms with van der Waals surface area (Å²) in [7, 11) is 0. The number of hydrogen-bond donors (Lipinski definition) is 3. The molecule has 1 aliphatic rings. The summed E-state index contributed by atoms with van der Waals surface area (Å²) < 4.78 is 5.48. The van der Waals surface area contributed by atoms with Crippen molar-refractivity contribution in [3.8, 4) is 0 Å². The number of rotatable bonds is 5. The van der Waals surface area contributed by atoms with E-state index in [1.165, 1.54) is 4.90 Å². The first-order valence-electron chi connectivity index (χ1n) is 6.45. The van der Waals surface area contributed by atoms with Crippen LogP contribution in [-0.2, 0) is 14.3 Å². The summed E-state index contributed by atoms with van der Waals surface area (Å²) >= 11 is 0. The first-order chi connectivity index (χ1) is 9.29. The molecule has 0 radical (unpaired) electrons. The van der Waals surface area contributed by atoms with E-state index in [1.807, 2.05) is 13.8 Å². The molecule has 114 valence electrons. The highest BCUT2D eigenvalue weighted by molar-refractivity contribution is 5.83. The molecule has 0 aromatic carbocycles. The van der Waals surface area contributed by atoms with Crippen LogP contribution in [0.3, 0.4) is 0 Å². The van der Waals surface area contributed by atoms with Crippen LogP contribution >= 0.6 is 0 Å². The van der Waals surface area contributed by atoms with Crippen molar-refractivity contribution in [3.05, 3.63) is 0 Å². The molecule has 1 fully saturated rings. The third-order valence-corrected chi connectivity index (χ3v) is 2.95. The van der Waals surface area contributed by atoms with Gasteiger partial charge in [0.15, 0.2) is 0 Å². The standard InChI is InChI=1S/C12H20N2O6/c1-7-5-14(6-8(2)20-7)12(19)13-9(11(17)18)3-4-10(15)16/h7-9H,3-6H2,1-2H3,(H,13,19)(H,15,16)(H,17,18). The smallest absolute Gasteiger partial charge is 0.326 e. The van der Waals surface area contributed by atoms with Crippen LogP contribution in [0.25, 0.3) is 0 Å². The van der Waals surface area contributed by atoms with Crippen molar-refractivity contribution in [1.29, 1.82) is 0 Å². The highest BCUT2D eigenvalue weighted by atomic mass is 16.5. The molecule has 1 rings (SSSR count). The lowest BCUT2D eigenvalue weighted by molar-refractivity contribution is -0.140. The number of urea groups is 1. The fourth-order valence-electron chi connectivity index (χ4n) is 2.11. The third-order valence-electron chi connectivity index (χ3n) is 2.95. The lowest BCUT2D eigenvalue weighted by Gasteiger charge is -2.35. The molecule has 20 heavy (non-hydrogen) atoms. The van der Waals surface area contributed by atoms with Crippen LogP contribution < -0.4 is 5.32 Å². The van der Waals surface area contributed by atoms with Crippen molar-refractivity contribution < 1.29 is 29.3 Å². The maximum atomic E-state index is 12.0. The molecule has 0 saturated carbocycles. The Bertz CT molecular complexity index is 376. The summed E-state index contributed by atoms with van der Waals surface area (Å²) in [5.74, 6) is -2.34. The number of carbonyl (C=O) groups excluding carboxylic acids is 1. The second-order valence-electron chi connectivity index (χ2n) is 4.94. The van der Waals surface area contributed by atoms with Crippen LogP contribution in [0.15, 0.2) is 0 Å². The number of morpholine rings is 1. The van der Waals surface area contributed by atoms with Crippen LogP contribution in [0, 0.1) is 0 Å². The molecule has 0 spiro atoms. The molecule has 0 aromatic heterocycles. The van der Waals surface area contributed by atoms with Crippen LogP contribution in [-0.4, -0.2) is 64.4 Å². The number of carboxylic acid groups (broad SMARTS) is 2. The first kappa shape index (κ1) is 16.2. The van der Waals surface area contributed by atoms with Gasteiger partial charge in [0.1, 0.15) is 6.04 Å². The molecule has 3 atom stereocenters. The number of carboxylic acids is 2. The molecule has 0 aromatic rings. The van der Waals surface area contributed by atoms with Gasteiger partial charge in [0, 0.05) is 19.5 Å². The summed E-state index contributed by atoms with van der Waals surface area (Å²) in [4.78, 5) is 35.0. The van der Waals surface area contributed by atoms with Gasteiger partial charge in [0.25, 0.3) is 0 Å². The average Bonchev–Trinajstić information content (AvgIpc) is 2.32. The topological polar surface area (TPSA) is 116 Å². The average molecular weight is 288 g/mol. The molecular formula is C12H20N2O6. The Hall–Kier alpha value is -1.83. The highest BCUT2D eigenvalue weighted by Gasteiger charge is 2.29. The predicted octanol–water partition coefficient (Wildman–Crippen LogP) is 0.123. The normalized spacial score (nSPS) is 24.0. The molecule has 1 saturated heterocycles. The number of ether oxygens (including phenoxy) is 1. The monoisotopic (exact) mass is 288 g/mol. The van der Waals surface area contributed by atoms with Gasteiger partial charge in [0.2, 0.25) is 0 Å². The van der Waals surface area contributed by atoms with Crippen LogP contribution in [0.4, 0.5) is 4.79 Å². The summed E-state index contributed by atoms with van der Waals surface area (Å²) in [5, 5.41) is 19.9. The van der Waals surface area contributed by atoms with Gasteiger partial charge >= 0.3 is 18.0 Å². The Morgan fingerprint density at radius 1 is 1.25 bits per heavy atom. The van der Waals surface area contributed by atoms with Gasteiger partial charge in [-0.3, -0.25) is 4.79 Å². The fraction of sp³-hybridized carbons (Fsp3) is 0.750. The van der Waals surface area contributed by atoms with Crippen LogP contribution in [0.2, 0.25) is 0 Å². The Morgan fingerprint density at radius 3 is 2.25 bits per heavy atom. The molecule has 3 N–H and O–H groups in total. The van der Waals surface area contributed by atoms with Gasteiger partial charge in [0.05, 0.1) is 12.2 Å². The molecule has 0 bridgehead atoms. The Labute approximate surface area is 116 Å². The zero-order valence-corrected chi connectivity index (χ0v) is 11.5. The number of nitrogens with one attached hydrogen (secondary N) is 1. The summed E-state index contributed by atoms with van der Waals surface area (Å²) in [6.45, 7) is 4.41. The Morgan fingerprint density at radius 2 is 1.80 bits per heavy atom.